The second-order valence-corrected chi connectivity index (χ2v) is 5.05. The normalized spacial score (nSPS) is 31.7. The minimum absolute atomic E-state index is 0.0391. The van der Waals surface area contributed by atoms with E-state index in [9.17, 15) is 4.79 Å². The number of nitrogens with two attached hydrogens (primary N) is 1. The van der Waals surface area contributed by atoms with Crippen LogP contribution in [-0.2, 0) is 16.6 Å². The van der Waals surface area contributed by atoms with Crippen LogP contribution in [0.4, 0.5) is 0 Å². The van der Waals surface area contributed by atoms with Crippen LogP contribution in [-0.4, -0.2) is 5.91 Å². The van der Waals surface area contributed by atoms with Crippen LogP contribution in [0.2, 0.25) is 5.02 Å². The van der Waals surface area contributed by atoms with E-state index in [0.29, 0.717) is 0 Å². The van der Waals surface area contributed by atoms with Gasteiger partial charge in [-0.15, -0.1) is 0 Å². The molecule has 1 saturated carbocycles. The summed E-state index contributed by atoms with van der Waals surface area (Å²) in [6, 6.07) is 6.00. The van der Waals surface area contributed by atoms with Crippen molar-refractivity contribution in [2.75, 3.05) is 0 Å². The monoisotopic (exact) mass is 221 g/mol. The molecule has 1 amide bonds. The lowest BCUT2D eigenvalue weighted by Gasteiger charge is -2.10. The average molecular weight is 222 g/mol. The highest BCUT2D eigenvalue weighted by Crippen LogP contribution is 2.61. The summed E-state index contributed by atoms with van der Waals surface area (Å²) in [4.78, 5) is 11.2. The second-order valence-electron chi connectivity index (χ2n) is 4.62. The van der Waals surface area contributed by atoms with E-state index in [1.165, 1.54) is 11.1 Å². The minimum atomic E-state index is -0.164. The van der Waals surface area contributed by atoms with Gasteiger partial charge in [-0.3, -0.25) is 4.79 Å². The van der Waals surface area contributed by atoms with E-state index >= 15 is 0 Å². The van der Waals surface area contributed by atoms with E-state index in [0.717, 1.165) is 24.3 Å². The van der Waals surface area contributed by atoms with Crippen LogP contribution in [0.15, 0.2) is 18.2 Å². The fourth-order valence-electron chi connectivity index (χ4n) is 2.97. The van der Waals surface area contributed by atoms with Gasteiger partial charge in [0.1, 0.15) is 0 Å². The van der Waals surface area contributed by atoms with Crippen LogP contribution in [0, 0.1) is 5.92 Å². The number of benzene rings is 1. The number of carbonyl (C=O) groups excluding carboxylic acids is 1. The standard InChI is InChI=1S/C12H12ClNO/c13-8-2-1-7-3-4-12(9(7)5-8)6-10(12)11(14)15/h1-2,5,10H,3-4,6H2,(H2,14,15)/t10-,12-/m0/s1. The van der Waals surface area contributed by atoms with Gasteiger partial charge in [-0.1, -0.05) is 17.7 Å². The van der Waals surface area contributed by atoms with Crippen LogP contribution in [0.25, 0.3) is 0 Å². The lowest BCUT2D eigenvalue weighted by atomic mass is 9.95. The third kappa shape index (κ3) is 1.14. The summed E-state index contributed by atoms with van der Waals surface area (Å²) in [5.41, 5.74) is 8.02. The van der Waals surface area contributed by atoms with Crippen molar-refractivity contribution in [1.82, 2.24) is 0 Å². The van der Waals surface area contributed by atoms with E-state index in [1.54, 1.807) is 0 Å². The summed E-state index contributed by atoms with van der Waals surface area (Å²) in [6.07, 6.45) is 3.02. The van der Waals surface area contributed by atoms with Crippen molar-refractivity contribution in [3.63, 3.8) is 0 Å². The van der Waals surface area contributed by atoms with Crippen molar-refractivity contribution in [2.45, 2.75) is 24.7 Å². The van der Waals surface area contributed by atoms with Crippen molar-refractivity contribution in [3.8, 4) is 0 Å². The minimum Gasteiger partial charge on any atom is -0.369 e. The molecular formula is C12H12ClNO. The second kappa shape index (κ2) is 2.76. The molecule has 15 heavy (non-hydrogen) atoms. The highest BCUT2D eigenvalue weighted by molar-refractivity contribution is 6.30. The third-order valence-corrected chi connectivity index (χ3v) is 4.10. The molecule has 0 aromatic heterocycles. The number of fused-ring (bicyclic) bond motifs is 2. The molecule has 0 saturated heterocycles. The zero-order chi connectivity index (χ0) is 10.6. The van der Waals surface area contributed by atoms with Gasteiger partial charge in [0.2, 0.25) is 5.91 Å². The van der Waals surface area contributed by atoms with Crippen molar-refractivity contribution in [3.05, 3.63) is 34.3 Å². The Balaban J connectivity index is 2.06. The molecule has 0 heterocycles. The predicted octanol–water partition coefficient (Wildman–Crippen LogP) is 2.03. The van der Waals surface area contributed by atoms with Gasteiger partial charge in [0.25, 0.3) is 0 Å². The van der Waals surface area contributed by atoms with Crippen LogP contribution in [0.3, 0.4) is 0 Å². The molecule has 3 rings (SSSR count). The maximum absolute atomic E-state index is 11.2. The molecule has 0 unspecified atom stereocenters. The van der Waals surface area contributed by atoms with Gasteiger partial charge in [0, 0.05) is 16.4 Å². The fourth-order valence-corrected chi connectivity index (χ4v) is 3.15. The summed E-state index contributed by atoms with van der Waals surface area (Å²) < 4.78 is 0. The molecule has 3 heteroatoms. The molecule has 0 aliphatic heterocycles. The first-order valence-corrected chi connectivity index (χ1v) is 5.59. The maximum Gasteiger partial charge on any atom is 0.221 e. The van der Waals surface area contributed by atoms with Gasteiger partial charge in [0.15, 0.2) is 0 Å². The van der Waals surface area contributed by atoms with Gasteiger partial charge in [-0.05, 0) is 42.5 Å². The molecule has 2 atom stereocenters. The number of carbonyl (C=O) groups is 1. The molecule has 1 fully saturated rings. The van der Waals surface area contributed by atoms with E-state index in [-0.39, 0.29) is 17.2 Å². The van der Waals surface area contributed by atoms with E-state index in [2.05, 4.69) is 6.07 Å². The number of primary amides is 1. The number of rotatable bonds is 1. The summed E-state index contributed by atoms with van der Waals surface area (Å²) in [7, 11) is 0. The maximum atomic E-state index is 11.2. The van der Waals surface area contributed by atoms with Crippen LogP contribution in [0.1, 0.15) is 24.0 Å². The SMILES string of the molecule is NC(=O)[C@@H]1C[C@]12CCc1ccc(Cl)cc12. The Morgan fingerprint density at radius 3 is 3.00 bits per heavy atom. The van der Waals surface area contributed by atoms with Gasteiger partial charge in [0.05, 0.1) is 0 Å². The molecule has 2 aliphatic carbocycles. The predicted molar refractivity (Wildman–Crippen MR) is 58.8 cm³/mol. The summed E-state index contributed by atoms with van der Waals surface area (Å²) in [6.45, 7) is 0. The van der Waals surface area contributed by atoms with Crippen LogP contribution in [0.5, 0.6) is 0 Å². The summed E-state index contributed by atoms with van der Waals surface area (Å²) in [5, 5.41) is 0.755. The topological polar surface area (TPSA) is 43.1 Å². The highest BCUT2D eigenvalue weighted by atomic mass is 35.5. The van der Waals surface area contributed by atoms with Gasteiger partial charge < -0.3 is 5.73 Å². The molecule has 2 N–H and O–H groups in total. The molecule has 1 aromatic carbocycles. The number of hydrogen-bond donors (Lipinski definition) is 1. The van der Waals surface area contributed by atoms with E-state index in [1.807, 2.05) is 12.1 Å². The zero-order valence-corrected chi connectivity index (χ0v) is 9.05. The summed E-state index contributed by atoms with van der Waals surface area (Å²) >= 11 is 5.99. The first-order chi connectivity index (χ1) is 7.13. The first kappa shape index (κ1) is 9.22. The largest absolute Gasteiger partial charge is 0.369 e. The van der Waals surface area contributed by atoms with Crippen molar-refractivity contribution in [2.24, 2.45) is 11.7 Å². The summed E-state index contributed by atoms with van der Waals surface area (Å²) in [5.74, 6) is -0.125. The van der Waals surface area contributed by atoms with Crippen LogP contribution < -0.4 is 5.73 Å². The van der Waals surface area contributed by atoms with Crippen molar-refractivity contribution >= 4 is 17.5 Å². The molecule has 1 aromatic rings. The Labute approximate surface area is 93.4 Å². The molecule has 0 bridgehead atoms. The van der Waals surface area contributed by atoms with Gasteiger partial charge >= 0.3 is 0 Å². The Hall–Kier alpha value is -1.02. The van der Waals surface area contributed by atoms with E-state index < -0.39 is 0 Å². The molecule has 1 spiro atoms. The number of aryl methyl sites for hydroxylation is 1. The quantitative estimate of drug-likeness (QED) is 0.775. The lowest BCUT2D eigenvalue weighted by molar-refractivity contribution is -0.119. The fraction of sp³-hybridized carbons (Fsp3) is 0.417. The zero-order valence-electron chi connectivity index (χ0n) is 8.29. The number of amides is 1. The smallest absolute Gasteiger partial charge is 0.221 e. The first-order valence-electron chi connectivity index (χ1n) is 5.22. The molecule has 2 nitrogen and oxygen atoms in total. The highest BCUT2D eigenvalue weighted by Gasteiger charge is 2.60. The Kier molecular flexibility index (Phi) is 1.70. The van der Waals surface area contributed by atoms with Crippen molar-refractivity contribution < 1.29 is 4.79 Å². The van der Waals surface area contributed by atoms with Gasteiger partial charge in [-0.2, -0.15) is 0 Å². The Morgan fingerprint density at radius 2 is 2.33 bits per heavy atom. The van der Waals surface area contributed by atoms with Crippen LogP contribution >= 0.6 is 11.6 Å². The Morgan fingerprint density at radius 1 is 1.53 bits per heavy atom. The van der Waals surface area contributed by atoms with Gasteiger partial charge in [-0.25, -0.2) is 0 Å². The third-order valence-electron chi connectivity index (χ3n) is 3.87. The van der Waals surface area contributed by atoms with E-state index in [4.69, 9.17) is 17.3 Å². The number of hydrogen-bond acceptors (Lipinski definition) is 1. The molecule has 78 valence electrons. The molecular weight excluding hydrogens is 210 g/mol. The number of halogens is 1. The molecule has 2 aliphatic rings. The lowest BCUT2D eigenvalue weighted by Crippen LogP contribution is -2.19. The van der Waals surface area contributed by atoms with Crippen molar-refractivity contribution in [1.29, 1.82) is 0 Å². The average Bonchev–Trinajstić information content (AvgIpc) is 2.81. The molecule has 0 radical (unpaired) electrons. The Bertz CT molecular complexity index is 457.